The number of nitrogens with zero attached hydrogens (tertiary/aromatic N) is 5. The summed E-state index contributed by atoms with van der Waals surface area (Å²) in [4.78, 5) is 72.4. The molecule has 6 atom stereocenters. The SMILES string of the molecule is C=C[C@@H]1C[C@]1(NC(=O)[C@@H]1C[C@@H](Oc2cc(-c3nc(C(C)C)cs3)nc3c(Cl)c(OCCN4CCOCC4)ccc23)[C@H]2CN(C(=O)OC(C)(C)C)[C@H](C(C)C)C(=O)N21)C(=O)NS(=O)(=O)C1CC1. The fourth-order valence-corrected chi connectivity index (χ4v) is 11.6. The number of rotatable bonds is 15. The van der Waals surface area contributed by atoms with Crippen molar-refractivity contribution in [3.05, 3.63) is 47.0 Å². The molecule has 3 saturated heterocycles. The van der Waals surface area contributed by atoms with Crippen LogP contribution in [0, 0.1) is 11.8 Å². The van der Waals surface area contributed by atoms with Crippen LogP contribution in [0.1, 0.15) is 85.8 Å². The summed E-state index contributed by atoms with van der Waals surface area (Å²) in [6.07, 6.45) is 0.892. The molecule has 3 aromatic rings. The number of sulfonamides is 1. The van der Waals surface area contributed by atoms with Crippen molar-refractivity contribution in [3.63, 3.8) is 0 Å². The number of carbonyl (C=O) groups excluding carboxylic acids is 4. The number of thiazole rings is 1. The number of amides is 4. The molecule has 0 bridgehead atoms. The number of fused-ring (bicyclic) bond motifs is 2. The number of piperazine rings is 1. The Morgan fingerprint density at radius 3 is 2.45 bits per heavy atom. The second-order valence-electron chi connectivity index (χ2n) is 19.5. The molecule has 358 valence electrons. The quantitative estimate of drug-likeness (QED) is 0.181. The standard InChI is InChI=1S/C46H60ClN7O10S2/c1-9-27-22-46(27,43(57)51-66(59,60)28-10-11-28)50-40(55)32-21-36(33-23-53(44(58)64-45(6,7)8)39(26(4)5)42(56)54(32)33)63-35-20-30(41-49-31(24-65-41)25(2)3)48-38-29(35)12-13-34(37(38)47)62-19-16-52-14-17-61-18-15-52/h9,12-13,20,24-28,32-33,36,39H,1,10-11,14-19,21-23H2,2-8H3,(H,50,55)(H,51,57)/t27-,32+,33-,36-,39-,46-/m1/s1. The van der Waals surface area contributed by atoms with E-state index in [0.29, 0.717) is 72.3 Å². The van der Waals surface area contributed by atoms with E-state index in [9.17, 15) is 27.6 Å². The zero-order valence-electron chi connectivity index (χ0n) is 38.5. The number of halogens is 1. The predicted molar refractivity (Wildman–Crippen MR) is 249 cm³/mol. The van der Waals surface area contributed by atoms with Crippen LogP contribution in [0.4, 0.5) is 4.79 Å². The van der Waals surface area contributed by atoms with Gasteiger partial charge in [0.05, 0.1) is 35.7 Å². The Kier molecular flexibility index (Phi) is 13.4. The summed E-state index contributed by atoms with van der Waals surface area (Å²) in [5, 5.41) is 5.61. The molecule has 0 radical (unpaired) electrons. The zero-order valence-corrected chi connectivity index (χ0v) is 40.9. The average molecular weight is 971 g/mol. The number of hydrogen-bond acceptors (Lipinski definition) is 14. The summed E-state index contributed by atoms with van der Waals surface area (Å²) >= 11 is 8.58. The lowest BCUT2D eigenvalue weighted by Gasteiger charge is -2.46. The third kappa shape index (κ3) is 9.73. The molecule has 0 unspecified atom stereocenters. The smallest absolute Gasteiger partial charge is 0.411 e. The maximum Gasteiger partial charge on any atom is 0.411 e. The van der Waals surface area contributed by atoms with Crippen LogP contribution in [0.5, 0.6) is 11.5 Å². The lowest BCUT2D eigenvalue weighted by atomic mass is 9.96. The van der Waals surface area contributed by atoms with Crippen molar-refractivity contribution in [2.45, 2.75) is 121 Å². The van der Waals surface area contributed by atoms with Crippen LogP contribution in [0.15, 0.2) is 36.2 Å². The van der Waals surface area contributed by atoms with Gasteiger partial charge in [-0.1, -0.05) is 45.4 Å². The van der Waals surface area contributed by atoms with Gasteiger partial charge in [0.15, 0.2) is 0 Å². The first-order chi connectivity index (χ1) is 31.2. The molecule has 20 heteroatoms. The van der Waals surface area contributed by atoms with E-state index in [0.717, 1.165) is 18.8 Å². The maximum atomic E-state index is 14.9. The molecule has 2 N–H and O–H groups in total. The van der Waals surface area contributed by atoms with Gasteiger partial charge in [0.1, 0.15) is 63.2 Å². The van der Waals surface area contributed by atoms with Gasteiger partial charge in [-0.05, 0) is 64.0 Å². The highest BCUT2D eigenvalue weighted by atomic mass is 35.5. The average Bonchev–Trinajstić information content (AvgIpc) is 4.15. The van der Waals surface area contributed by atoms with Crippen molar-refractivity contribution in [3.8, 4) is 22.2 Å². The molecule has 17 nitrogen and oxygen atoms in total. The van der Waals surface area contributed by atoms with E-state index in [1.54, 1.807) is 32.9 Å². The minimum atomic E-state index is -3.94. The third-order valence-corrected chi connectivity index (χ3v) is 15.9. The molecule has 66 heavy (non-hydrogen) atoms. The van der Waals surface area contributed by atoms with Gasteiger partial charge in [-0.3, -0.25) is 28.9 Å². The molecule has 5 aliphatic rings. The van der Waals surface area contributed by atoms with Crippen LogP contribution in [0.3, 0.4) is 0 Å². The van der Waals surface area contributed by atoms with Crippen molar-refractivity contribution in [1.82, 2.24) is 34.7 Å². The lowest BCUT2D eigenvalue weighted by Crippen LogP contribution is -2.67. The number of benzene rings is 1. The van der Waals surface area contributed by atoms with Gasteiger partial charge < -0.3 is 29.2 Å². The number of carbonyl (C=O) groups is 4. The molecule has 4 amide bonds. The van der Waals surface area contributed by atoms with Crippen molar-refractivity contribution >= 4 is 67.7 Å². The van der Waals surface area contributed by atoms with Gasteiger partial charge in [-0.2, -0.15) is 0 Å². The Bertz CT molecular complexity index is 2500. The van der Waals surface area contributed by atoms with Gasteiger partial charge in [0.25, 0.3) is 5.91 Å². The highest BCUT2D eigenvalue weighted by molar-refractivity contribution is 7.91. The number of morpholine rings is 1. The number of pyridine rings is 1. The number of ether oxygens (including phenoxy) is 4. The van der Waals surface area contributed by atoms with Crippen LogP contribution in [0.2, 0.25) is 5.02 Å². The van der Waals surface area contributed by atoms with Crippen molar-refractivity contribution < 1.29 is 46.5 Å². The first kappa shape index (κ1) is 47.9. The summed E-state index contributed by atoms with van der Waals surface area (Å²) in [6.45, 7) is 20.8. The Morgan fingerprint density at radius 1 is 1.11 bits per heavy atom. The number of nitrogens with one attached hydrogen (secondary N) is 2. The van der Waals surface area contributed by atoms with E-state index in [2.05, 4.69) is 35.4 Å². The zero-order chi connectivity index (χ0) is 47.5. The molecule has 2 aromatic heterocycles. The molecular weight excluding hydrogens is 910 g/mol. The van der Waals surface area contributed by atoms with Gasteiger partial charge in [-0.15, -0.1) is 17.9 Å². The molecule has 3 aliphatic heterocycles. The fraction of sp³-hybridized carbons (Fsp3) is 0.609. The van der Waals surface area contributed by atoms with Crippen molar-refractivity contribution in [1.29, 1.82) is 0 Å². The first-order valence-electron chi connectivity index (χ1n) is 22.7. The van der Waals surface area contributed by atoms with Crippen LogP contribution in [0.25, 0.3) is 21.6 Å². The second-order valence-corrected chi connectivity index (χ2v) is 22.7. The van der Waals surface area contributed by atoms with E-state index in [1.807, 2.05) is 25.3 Å². The first-order valence-corrected chi connectivity index (χ1v) is 25.5. The minimum absolute atomic E-state index is 0.0412. The van der Waals surface area contributed by atoms with Crippen LogP contribution < -0.4 is 19.5 Å². The van der Waals surface area contributed by atoms with Crippen molar-refractivity contribution in [2.75, 3.05) is 46.0 Å². The molecular formula is C46H60ClN7O10S2. The molecule has 5 fully saturated rings. The van der Waals surface area contributed by atoms with E-state index >= 15 is 0 Å². The van der Waals surface area contributed by atoms with Crippen LogP contribution >= 0.6 is 22.9 Å². The molecule has 5 heterocycles. The second kappa shape index (κ2) is 18.5. The fourth-order valence-electron chi connectivity index (χ4n) is 9.03. The summed E-state index contributed by atoms with van der Waals surface area (Å²) in [6, 6.07) is 2.29. The Hall–Kier alpha value is -4.56. The number of hydrogen-bond donors (Lipinski definition) is 2. The van der Waals surface area contributed by atoms with E-state index in [4.69, 9.17) is 40.5 Å². The molecule has 0 spiro atoms. The third-order valence-electron chi connectivity index (χ3n) is 12.8. The van der Waals surface area contributed by atoms with Gasteiger partial charge >= 0.3 is 6.09 Å². The summed E-state index contributed by atoms with van der Waals surface area (Å²) in [7, 11) is -3.94. The highest BCUT2D eigenvalue weighted by Crippen LogP contribution is 2.47. The highest BCUT2D eigenvalue weighted by Gasteiger charge is 2.63. The summed E-state index contributed by atoms with van der Waals surface area (Å²) in [5.74, 6) is -2.00. The summed E-state index contributed by atoms with van der Waals surface area (Å²) < 4.78 is 52.6. The van der Waals surface area contributed by atoms with Gasteiger partial charge in [0.2, 0.25) is 21.8 Å². The maximum absolute atomic E-state index is 14.9. The van der Waals surface area contributed by atoms with Gasteiger partial charge in [-0.25, -0.2) is 23.2 Å². The predicted octanol–water partition coefficient (Wildman–Crippen LogP) is 5.51. The monoisotopic (exact) mass is 969 g/mol. The van der Waals surface area contributed by atoms with E-state index in [-0.39, 0.29) is 36.2 Å². The summed E-state index contributed by atoms with van der Waals surface area (Å²) in [5.41, 5.74) is -0.695. The van der Waals surface area contributed by atoms with Crippen LogP contribution in [-0.2, 0) is 33.9 Å². The largest absolute Gasteiger partial charge is 0.491 e. The Morgan fingerprint density at radius 2 is 1.83 bits per heavy atom. The topological polar surface area (TPSA) is 199 Å². The molecule has 1 aromatic carbocycles. The van der Waals surface area contributed by atoms with Crippen molar-refractivity contribution in [2.24, 2.45) is 11.8 Å². The molecule has 2 aliphatic carbocycles. The lowest BCUT2D eigenvalue weighted by molar-refractivity contribution is -0.153. The van der Waals surface area contributed by atoms with Gasteiger partial charge in [0, 0.05) is 55.4 Å². The Balaban J connectivity index is 1.16. The van der Waals surface area contributed by atoms with E-state index < -0.39 is 80.4 Å². The minimum Gasteiger partial charge on any atom is -0.491 e. The molecule has 2 saturated carbocycles. The normalized spacial score (nSPS) is 25.8. The number of aromatic nitrogens is 2. The van der Waals surface area contributed by atoms with Crippen LogP contribution in [-0.4, -0.2) is 144 Å². The molecule has 8 rings (SSSR count). The Labute approximate surface area is 394 Å². The van der Waals surface area contributed by atoms with E-state index in [1.165, 1.54) is 27.2 Å².